The van der Waals surface area contributed by atoms with E-state index in [9.17, 15) is 23.8 Å². The minimum absolute atomic E-state index is 0.113. The zero-order valence-corrected chi connectivity index (χ0v) is 19.5. The van der Waals surface area contributed by atoms with Crippen molar-refractivity contribution in [1.29, 1.82) is 0 Å². The van der Waals surface area contributed by atoms with Crippen LogP contribution in [0.1, 0.15) is 34.5 Å². The number of carbonyl (C=O) groups excluding carboxylic acids is 2. The molecule has 1 saturated heterocycles. The van der Waals surface area contributed by atoms with Crippen LogP contribution in [0.25, 0.3) is 10.9 Å². The smallest absolute Gasteiger partial charge is 0.274 e. The van der Waals surface area contributed by atoms with Gasteiger partial charge in [0.2, 0.25) is 5.91 Å². The average Bonchev–Trinajstić information content (AvgIpc) is 2.84. The first kappa shape index (κ1) is 23.7. The molecule has 0 atom stereocenters. The molecule has 3 heterocycles. The van der Waals surface area contributed by atoms with Gasteiger partial charge in [0, 0.05) is 31.7 Å². The van der Waals surface area contributed by atoms with Gasteiger partial charge in [0.05, 0.1) is 12.2 Å². The van der Waals surface area contributed by atoms with Gasteiger partial charge in [-0.1, -0.05) is 24.3 Å². The van der Waals surface area contributed by atoms with E-state index in [1.165, 1.54) is 10.5 Å². The molecule has 1 aliphatic rings. The van der Waals surface area contributed by atoms with Crippen molar-refractivity contribution >= 4 is 39.3 Å². The quantitative estimate of drug-likeness (QED) is 0.358. The Morgan fingerprint density at radius 1 is 1.12 bits per heavy atom. The van der Waals surface area contributed by atoms with Crippen LogP contribution >= 0.6 is 10.8 Å². The van der Waals surface area contributed by atoms with Crippen molar-refractivity contribution in [2.24, 2.45) is 0 Å². The maximum absolute atomic E-state index is 13.1. The molecular weight excluding hydrogens is 458 g/mol. The van der Waals surface area contributed by atoms with Crippen molar-refractivity contribution in [3.63, 3.8) is 0 Å². The molecule has 0 unspecified atom stereocenters. The fourth-order valence-corrected chi connectivity index (χ4v) is 5.58. The number of rotatable bonds is 6. The SMILES string of the molecule is CNC(=O)Cc1ccccc1CNC(=O)c1nc(N2CCCCS2(O)O)c2cccnc2c1O. The van der Waals surface area contributed by atoms with Crippen molar-refractivity contribution in [2.45, 2.75) is 25.8 Å². The second kappa shape index (κ2) is 9.84. The maximum Gasteiger partial charge on any atom is 0.274 e. The molecule has 4 rings (SSSR count). The topological polar surface area (TPSA) is 148 Å². The highest BCUT2D eigenvalue weighted by Gasteiger charge is 2.31. The predicted molar refractivity (Wildman–Crippen MR) is 131 cm³/mol. The van der Waals surface area contributed by atoms with Crippen LogP contribution in [-0.2, 0) is 17.8 Å². The Kier molecular flexibility index (Phi) is 6.87. The number of aromatic hydroxyl groups is 1. The lowest BCUT2D eigenvalue weighted by molar-refractivity contribution is -0.119. The van der Waals surface area contributed by atoms with Gasteiger partial charge in [0.1, 0.15) is 5.52 Å². The summed E-state index contributed by atoms with van der Waals surface area (Å²) < 4.78 is 22.7. The number of nitrogens with one attached hydrogen (secondary N) is 2. The zero-order valence-electron chi connectivity index (χ0n) is 18.7. The Labute approximate surface area is 198 Å². The molecule has 0 bridgehead atoms. The number of hydrogen-bond donors (Lipinski definition) is 5. The van der Waals surface area contributed by atoms with E-state index < -0.39 is 16.7 Å². The molecule has 0 spiro atoms. The van der Waals surface area contributed by atoms with E-state index in [4.69, 9.17) is 0 Å². The van der Waals surface area contributed by atoms with E-state index in [0.717, 1.165) is 17.5 Å². The normalized spacial score (nSPS) is 16.1. The van der Waals surface area contributed by atoms with Gasteiger partial charge in [0.25, 0.3) is 5.91 Å². The number of anilines is 1. The fourth-order valence-electron chi connectivity index (χ4n) is 3.93. The van der Waals surface area contributed by atoms with Crippen LogP contribution in [0.3, 0.4) is 0 Å². The molecule has 11 heteroatoms. The first-order valence-electron chi connectivity index (χ1n) is 10.9. The van der Waals surface area contributed by atoms with Crippen molar-refractivity contribution in [3.05, 3.63) is 59.4 Å². The van der Waals surface area contributed by atoms with Gasteiger partial charge < -0.3 is 15.7 Å². The first-order chi connectivity index (χ1) is 16.3. The maximum atomic E-state index is 13.1. The molecule has 2 aromatic heterocycles. The Hall–Kier alpha value is -3.41. The number of amides is 2. The zero-order chi connectivity index (χ0) is 24.3. The standard InChI is InChI=1S/C23H27N5O5S/c1-24-18(29)13-15-7-2-3-8-16(15)14-26-23(31)20-21(30)19-17(9-6-10-25-19)22(27-20)28-11-4-5-12-34(28,32)33/h2-3,6-10,30,32-33H,4-5,11-14H2,1H3,(H,24,29)(H,26,31). The van der Waals surface area contributed by atoms with Gasteiger partial charge in [-0.15, -0.1) is 10.8 Å². The molecular formula is C23H27N5O5S. The molecule has 0 aliphatic carbocycles. The summed E-state index contributed by atoms with van der Waals surface area (Å²) in [6, 6.07) is 10.6. The Bertz CT molecular complexity index is 1240. The summed E-state index contributed by atoms with van der Waals surface area (Å²) in [7, 11) is -1.55. The van der Waals surface area contributed by atoms with Gasteiger partial charge in [0.15, 0.2) is 17.3 Å². The highest BCUT2D eigenvalue weighted by molar-refractivity contribution is 8.25. The molecule has 180 valence electrons. The van der Waals surface area contributed by atoms with Gasteiger partial charge in [-0.2, -0.15) is 0 Å². The molecule has 0 saturated carbocycles. The lowest BCUT2D eigenvalue weighted by atomic mass is 10.0. The van der Waals surface area contributed by atoms with E-state index in [0.29, 0.717) is 18.4 Å². The van der Waals surface area contributed by atoms with Gasteiger partial charge in [-0.25, -0.2) is 4.98 Å². The summed E-state index contributed by atoms with van der Waals surface area (Å²) in [5, 5.41) is 16.6. The molecule has 0 radical (unpaired) electrons. The summed E-state index contributed by atoms with van der Waals surface area (Å²) >= 11 is 0. The van der Waals surface area contributed by atoms with Crippen molar-refractivity contribution in [3.8, 4) is 5.75 Å². The molecule has 1 fully saturated rings. The van der Waals surface area contributed by atoms with E-state index >= 15 is 0 Å². The fraction of sp³-hybridized carbons (Fsp3) is 0.304. The average molecular weight is 486 g/mol. The van der Waals surface area contributed by atoms with E-state index in [1.54, 1.807) is 19.2 Å². The molecule has 2 amide bonds. The Morgan fingerprint density at radius 3 is 2.62 bits per heavy atom. The molecule has 5 N–H and O–H groups in total. The minimum atomic E-state index is -3.11. The van der Waals surface area contributed by atoms with Gasteiger partial charge in [-0.05, 0) is 36.1 Å². The number of likely N-dealkylation sites (N-methyl/N-ethyl adjacent to an activating group) is 1. The molecule has 34 heavy (non-hydrogen) atoms. The van der Waals surface area contributed by atoms with Crippen LogP contribution in [0.4, 0.5) is 5.82 Å². The lowest BCUT2D eigenvalue weighted by Crippen LogP contribution is -2.35. The number of aromatic nitrogens is 2. The third-order valence-electron chi connectivity index (χ3n) is 5.74. The van der Waals surface area contributed by atoms with Crippen molar-refractivity contribution in [1.82, 2.24) is 20.6 Å². The van der Waals surface area contributed by atoms with Gasteiger partial charge in [-0.3, -0.25) is 28.0 Å². The summed E-state index contributed by atoms with van der Waals surface area (Å²) in [6.07, 6.45) is 3.07. The van der Waals surface area contributed by atoms with Crippen LogP contribution < -0.4 is 14.9 Å². The van der Waals surface area contributed by atoms with Crippen LogP contribution in [0.15, 0.2) is 42.6 Å². The lowest BCUT2D eigenvalue weighted by Gasteiger charge is -2.47. The number of carbonyl (C=O) groups is 2. The van der Waals surface area contributed by atoms with Crippen molar-refractivity contribution < 1.29 is 23.8 Å². The minimum Gasteiger partial charge on any atom is -0.504 e. The van der Waals surface area contributed by atoms with Crippen molar-refractivity contribution in [2.75, 3.05) is 23.7 Å². The van der Waals surface area contributed by atoms with Gasteiger partial charge >= 0.3 is 0 Å². The Balaban J connectivity index is 1.67. The predicted octanol–water partition coefficient (Wildman–Crippen LogP) is 2.82. The molecule has 1 aromatic carbocycles. The molecule has 3 aromatic rings. The Morgan fingerprint density at radius 2 is 1.88 bits per heavy atom. The summed E-state index contributed by atoms with van der Waals surface area (Å²) in [6.45, 7) is 0.472. The molecule has 10 nitrogen and oxygen atoms in total. The third-order valence-corrected chi connectivity index (χ3v) is 7.63. The largest absolute Gasteiger partial charge is 0.504 e. The van der Waals surface area contributed by atoms with E-state index in [1.807, 2.05) is 24.3 Å². The van der Waals surface area contributed by atoms with E-state index in [-0.39, 0.29) is 47.4 Å². The number of fused-ring (bicyclic) bond motifs is 1. The molecule has 1 aliphatic heterocycles. The number of hydrogen-bond acceptors (Lipinski definition) is 8. The summed E-state index contributed by atoms with van der Waals surface area (Å²) in [4.78, 5) is 33.5. The summed E-state index contributed by atoms with van der Waals surface area (Å²) in [5.74, 6) is -0.769. The third kappa shape index (κ3) is 4.76. The number of pyridine rings is 2. The number of nitrogens with zero attached hydrogens (tertiary/aromatic N) is 3. The summed E-state index contributed by atoms with van der Waals surface area (Å²) in [5.41, 5.74) is 1.41. The number of benzene rings is 1. The monoisotopic (exact) mass is 485 g/mol. The van der Waals surface area contributed by atoms with Crippen LogP contribution in [0, 0.1) is 0 Å². The second-order valence-corrected chi connectivity index (χ2v) is 10.1. The van der Waals surface area contributed by atoms with E-state index in [2.05, 4.69) is 20.6 Å². The first-order valence-corrected chi connectivity index (χ1v) is 12.6. The van der Waals surface area contributed by atoms with Crippen LogP contribution in [-0.4, -0.2) is 55.3 Å². The van der Waals surface area contributed by atoms with Crippen LogP contribution in [0.5, 0.6) is 5.75 Å². The highest BCUT2D eigenvalue weighted by atomic mass is 32.3. The second-order valence-electron chi connectivity index (χ2n) is 7.98. The van der Waals surface area contributed by atoms with Crippen LogP contribution in [0.2, 0.25) is 0 Å². The highest BCUT2D eigenvalue weighted by Crippen LogP contribution is 2.51.